The second-order valence-electron chi connectivity index (χ2n) is 2.91. The molecule has 1 aliphatic rings. The van der Waals surface area contributed by atoms with Gasteiger partial charge in [0.15, 0.2) is 0 Å². The monoisotopic (exact) mass is 152 g/mol. The third-order valence-electron chi connectivity index (χ3n) is 1.81. The summed E-state index contributed by atoms with van der Waals surface area (Å²) in [5.74, 6) is 0. The average Bonchev–Trinajstić information content (AvgIpc) is 2.33. The van der Waals surface area contributed by atoms with Crippen molar-refractivity contribution < 1.29 is 0 Å². The molecule has 1 fully saturated rings. The molecule has 0 aliphatic carbocycles. The lowest BCUT2D eigenvalue weighted by atomic mass is 9.09. The Kier molecular flexibility index (Phi) is 3.27. The summed E-state index contributed by atoms with van der Waals surface area (Å²) >= 11 is 0. The fourth-order valence-corrected chi connectivity index (χ4v) is 1.36. The summed E-state index contributed by atoms with van der Waals surface area (Å²) in [5.41, 5.74) is 2.50. The Morgan fingerprint density at radius 1 is 1.08 bits per heavy atom. The maximum atomic E-state index is 3.68. The van der Waals surface area contributed by atoms with E-state index in [2.05, 4.69) is 34.3 Å². The highest BCUT2D eigenvalue weighted by Crippen LogP contribution is 2.16. The highest BCUT2D eigenvalue weighted by Gasteiger charge is 2.23. The predicted molar refractivity (Wildman–Crippen MR) is 59.7 cm³/mol. The summed E-state index contributed by atoms with van der Waals surface area (Å²) in [6, 6.07) is 0. The van der Waals surface area contributed by atoms with E-state index in [-0.39, 0.29) is 0 Å². The molecule has 3 heteroatoms. The van der Waals surface area contributed by atoms with Crippen molar-refractivity contribution >= 4 is 20.8 Å². The lowest BCUT2D eigenvalue weighted by molar-refractivity contribution is 1.78. The molecule has 1 saturated heterocycles. The van der Waals surface area contributed by atoms with Gasteiger partial charge in [0, 0.05) is 0 Å². The van der Waals surface area contributed by atoms with Crippen molar-refractivity contribution in [3.63, 3.8) is 0 Å². The number of hydrogen-bond donors (Lipinski definition) is 0. The van der Waals surface area contributed by atoms with Crippen LogP contribution in [0, 0.1) is 0 Å². The summed E-state index contributed by atoms with van der Waals surface area (Å²) in [7, 11) is 4.44. The van der Waals surface area contributed by atoms with Crippen LogP contribution in [-0.4, -0.2) is 20.8 Å². The van der Waals surface area contributed by atoms with Crippen LogP contribution < -0.4 is 0 Å². The number of allylic oxidation sites excluding steroid dienone is 6. The first-order valence-corrected chi connectivity index (χ1v) is 4.13. The highest BCUT2D eigenvalue weighted by atomic mass is 13.9. The minimum absolute atomic E-state index is 0.530. The van der Waals surface area contributed by atoms with E-state index in [4.69, 9.17) is 0 Å². The zero-order valence-electron chi connectivity index (χ0n) is 7.46. The van der Waals surface area contributed by atoms with Crippen LogP contribution in [0.2, 0.25) is 6.82 Å². The van der Waals surface area contributed by atoms with E-state index in [1.807, 2.05) is 24.3 Å². The Morgan fingerprint density at radius 2 is 1.50 bits per heavy atom. The second kappa shape index (κ2) is 4.25. The van der Waals surface area contributed by atoms with Gasteiger partial charge in [-0.2, -0.15) is 0 Å². The first-order valence-electron chi connectivity index (χ1n) is 4.13. The van der Waals surface area contributed by atoms with Crippen LogP contribution in [-0.2, 0) is 0 Å². The Hall–Kier alpha value is -0.845. The maximum absolute atomic E-state index is 3.68. The Bertz CT molecular complexity index is 224. The third kappa shape index (κ3) is 2.07. The molecule has 0 saturated carbocycles. The minimum atomic E-state index is 0.530. The van der Waals surface area contributed by atoms with Gasteiger partial charge in [0.05, 0.1) is 6.49 Å². The largest absolute Gasteiger partial charge is 0.106 e. The fourth-order valence-electron chi connectivity index (χ4n) is 1.36. The van der Waals surface area contributed by atoms with Crippen molar-refractivity contribution in [1.29, 1.82) is 0 Å². The van der Waals surface area contributed by atoms with Gasteiger partial charge in [-0.3, -0.25) is 0 Å². The number of hydrogen-bond acceptors (Lipinski definition) is 0. The summed E-state index contributed by atoms with van der Waals surface area (Å²) < 4.78 is 0. The van der Waals surface area contributed by atoms with Crippen molar-refractivity contribution in [2.75, 3.05) is 0 Å². The van der Waals surface area contributed by atoms with E-state index in [0.717, 1.165) is 0 Å². The SMILES string of the molecule is C=C/C=C1/[B]B(C)[B]/C1=C/C=C. The first kappa shape index (κ1) is 9.24. The topological polar surface area (TPSA) is 0 Å². The first-order chi connectivity index (χ1) is 5.77. The zero-order valence-corrected chi connectivity index (χ0v) is 7.46. The number of rotatable bonds is 2. The van der Waals surface area contributed by atoms with E-state index in [9.17, 15) is 0 Å². The molecular weight excluding hydrogens is 141 g/mol. The quantitative estimate of drug-likeness (QED) is 0.527. The molecule has 2 radical (unpaired) electrons. The molecule has 0 N–H and O–H groups in total. The van der Waals surface area contributed by atoms with E-state index < -0.39 is 0 Å². The molecule has 12 heavy (non-hydrogen) atoms. The van der Waals surface area contributed by atoms with Crippen molar-refractivity contribution in [1.82, 2.24) is 0 Å². The van der Waals surface area contributed by atoms with Gasteiger partial charge in [-0.15, -0.1) is 10.9 Å². The zero-order chi connectivity index (χ0) is 8.97. The molecule has 0 unspecified atom stereocenters. The molecule has 0 aromatic rings. The van der Waals surface area contributed by atoms with Gasteiger partial charge in [0.2, 0.25) is 0 Å². The fraction of sp³-hybridized carbons (Fsp3) is 0.111. The minimum Gasteiger partial charge on any atom is -0.104 e. The Labute approximate surface area is 76.7 Å². The summed E-state index contributed by atoms with van der Waals surface area (Å²) in [6.07, 6.45) is 7.67. The highest BCUT2D eigenvalue weighted by molar-refractivity contribution is 7.46. The van der Waals surface area contributed by atoms with E-state index in [1.165, 1.54) is 10.9 Å². The van der Waals surface area contributed by atoms with Gasteiger partial charge < -0.3 is 0 Å². The van der Waals surface area contributed by atoms with Crippen LogP contribution in [0.4, 0.5) is 0 Å². The van der Waals surface area contributed by atoms with Crippen LogP contribution >= 0.6 is 0 Å². The van der Waals surface area contributed by atoms with Crippen LogP contribution in [0.5, 0.6) is 0 Å². The van der Waals surface area contributed by atoms with Crippen LogP contribution in [0.25, 0.3) is 0 Å². The lowest BCUT2D eigenvalue weighted by Gasteiger charge is -1.97. The van der Waals surface area contributed by atoms with Gasteiger partial charge in [0.1, 0.15) is 14.3 Å². The summed E-state index contributed by atoms with van der Waals surface area (Å²) in [6.45, 7) is 10.1. The molecule has 1 rings (SSSR count). The molecular formula is C9H11B3. The van der Waals surface area contributed by atoms with Gasteiger partial charge in [-0.25, -0.2) is 0 Å². The summed E-state index contributed by atoms with van der Waals surface area (Å²) in [5, 5.41) is 0. The van der Waals surface area contributed by atoms with Gasteiger partial charge in [-0.1, -0.05) is 44.3 Å². The van der Waals surface area contributed by atoms with Crippen LogP contribution in [0.15, 0.2) is 48.4 Å². The second-order valence-corrected chi connectivity index (χ2v) is 2.91. The van der Waals surface area contributed by atoms with Crippen LogP contribution in [0.3, 0.4) is 0 Å². The molecule has 0 atom stereocenters. The normalized spacial score (nSPS) is 22.2. The molecule has 0 nitrogen and oxygen atoms in total. The molecule has 0 aromatic heterocycles. The van der Waals surface area contributed by atoms with Crippen molar-refractivity contribution in [3.05, 3.63) is 48.4 Å². The molecule has 0 aromatic carbocycles. The van der Waals surface area contributed by atoms with Crippen molar-refractivity contribution in [2.45, 2.75) is 6.82 Å². The Balaban J connectivity index is 2.86. The molecule has 0 spiro atoms. The lowest BCUT2D eigenvalue weighted by Crippen LogP contribution is -2.17. The predicted octanol–water partition coefficient (Wildman–Crippen LogP) is 1.67. The smallest absolute Gasteiger partial charge is 0.104 e. The molecule has 0 amide bonds. The van der Waals surface area contributed by atoms with E-state index in [1.54, 1.807) is 0 Å². The van der Waals surface area contributed by atoms with Gasteiger partial charge in [-0.05, 0) is 0 Å². The molecule has 1 aliphatic heterocycles. The maximum Gasteiger partial charge on any atom is 0.106 e. The molecule has 1 heterocycles. The standard InChI is InChI=1S/C9H11B3/c1-4-6-8-9(7-5-2)11-12(3)10-8/h4-7H,1-2H2,3H3/b8-6+,9-7+. The Morgan fingerprint density at radius 3 is 1.83 bits per heavy atom. The molecule has 0 bridgehead atoms. The van der Waals surface area contributed by atoms with Gasteiger partial charge >= 0.3 is 0 Å². The third-order valence-corrected chi connectivity index (χ3v) is 1.81. The van der Waals surface area contributed by atoms with Crippen molar-refractivity contribution in [2.24, 2.45) is 0 Å². The van der Waals surface area contributed by atoms with E-state index >= 15 is 0 Å². The van der Waals surface area contributed by atoms with Gasteiger partial charge in [0.25, 0.3) is 0 Å². The van der Waals surface area contributed by atoms with E-state index in [0.29, 0.717) is 6.49 Å². The molecule has 56 valence electrons. The summed E-state index contributed by atoms with van der Waals surface area (Å²) in [4.78, 5) is 0. The average molecular weight is 152 g/mol. The van der Waals surface area contributed by atoms with Crippen molar-refractivity contribution in [3.8, 4) is 0 Å². The van der Waals surface area contributed by atoms with Crippen LogP contribution in [0.1, 0.15) is 0 Å².